The van der Waals surface area contributed by atoms with E-state index in [0.717, 1.165) is 12.1 Å². The summed E-state index contributed by atoms with van der Waals surface area (Å²) in [7, 11) is 1.50. The Hall–Kier alpha value is -2.85. The SMILES string of the molecule is COCc1cc(=O)n(CC(=O)NCc2ccc(F)cc2F)c(N2CCOCC2)n1. The van der Waals surface area contributed by atoms with E-state index in [9.17, 15) is 18.4 Å². The predicted octanol–water partition coefficient (Wildman–Crippen LogP) is 0.821. The molecule has 0 spiro atoms. The van der Waals surface area contributed by atoms with E-state index in [1.165, 1.54) is 23.8 Å². The zero-order valence-corrected chi connectivity index (χ0v) is 16.0. The number of halogens is 2. The summed E-state index contributed by atoms with van der Waals surface area (Å²) in [5.41, 5.74) is 0.217. The molecular formula is C19H22F2N4O4. The Kier molecular flexibility index (Phi) is 6.89. The van der Waals surface area contributed by atoms with E-state index in [2.05, 4.69) is 10.3 Å². The lowest BCUT2D eigenvalue weighted by molar-refractivity contribution is -0.121. The Bertz CT molecular complexity index is 929. The van der Waals surface area contributed by atoms with Crippen molar-refractivity contribution in [3.8, 4) is 0 Å². The molecule has 0 atom stereocenters. The number of methoxy groups -OCH3 is 1. The highest BCUT2D eigenvalue weighted by Crippen LogP contribution is 2.13. The fourth-order valence-electron chi connectivity index (χ4n) is 2.97. The van der Waals surface area contributed by atoms with Gasteiger partial charge in [-0.3, -0.25) is 14.2 Å². The summed E-state index contributed by atoms with van der Waals surface area (Å²) >= 11 is 0. The summed E-state index contributed by atoms with van der Waals surface area (Å²) in [5, 5.41) is 2.55. The zero-order valence-electron chi connectivity index (χ0n) is 16.0. The molecule has 1 aromatic carbocycles. The van der Waals surface area contributed by atoms with Gasteiger partial charge in [0, 0.05) is 44.4 Å². The first-order chi connectivity index (χ1) is 14.0. The molecule has 0 unspecified atom stereocenters. The Balaban J connectivity index is 1.77. The van der Waals surface area contributed by atoms with Gasteiger partial charge < -0.3 is 19.7 Å². The van der Waals surface area contributed by atoms with Crippen molar-refractivity contribution >= 4 is 11.9 Å². The molecule has 2 heterocycles. The van der Waals surface area contributed by atoms with E-state index < -0.39 is 23.1 Å². The van der Waals surface area contributed by atoms with Crippen LogP contribution >= 0.6 is 0 Å². The van der Waals surface area contributed by atoms with Gasteiger partial charge in [-0.1, -0.05) is 6.07 Å². The zero-order chi connectivity index (χ0) is 20.8. The number of nitrogens with zero attached hydrogens (tertiary/aromatic N) is 3. The number of hydrogen-bond acceptors (Lipinski definition) is 6. The maximum absolute atomic E-state index is 13.7. The van der Waals surface area contributed by atoms with Crippen molar-refractivity contribution in [2.75, 3.05) is 38.3 Å². The van der Waals surface area contributed by atoms with Crippen molar-refractivity contribution in [1.82, 2.24) is 14.9 Å². The van der Waals surface area contributed by atoms with Crippen molar-refractivity contribution in [1.29, 1.82) is 0 Å². The number of aromatic nitrogens is 2. The van der Waals surface area contributed by atoms with Crippen LogP contribution in [0.3, 0.4) is 0 Å². The van der Waals surface area contributed by atoms with Crippen LogP contribution in [-0.2, 0) is 34.0 Å². The standard InChI is InChI=1S/C19H22F2N4O4/c1-28-12-15-9-18(27)25(19(23-15)24-4-6-29-7-5-24)11-17(26)22-10-13-2-3-14(20)8-16(13)21/h2-3,8-9H,4-7,10-12H2,1H3,(H,22,26). The van der Waals surface area contributed by atoms with Gasteiger partial charge in [0.2, 0.25) is 11.9 Å². The number of ether oxygens (including phenoxy) is 2. The summed E-state index contributed by atoms with van der Waals surface area (Å²) in [4.78, 5) is 31.3. The number of benzene rings is 1. The molecule has 8 nitrogen and oxygen atoms in total. The molecule has 1 aliphatic heterocycles. The van der Waals surface area contributed by atoms with Gasteiger partial charge in [0.05, 0.1) is 25.5 Å². The van der Waals surface area contributed by atoms with Gasteiger partial charge in [0.1, 0.15) is 18.2 Å². The van der Waals surface area contributed by atoms with Crippen molar-refractivity contribution in [2.45, 2.75) is 19.7 Å². The minimum Gasteiger partial charge on any atom is -0.378 e. The molecule has 0 saturated carbocycles. The maximum Gasteiger partial charge on any atom is 0.255 e. The van der Waals surface area contributed by atoms with Crippen LogP contribution in [0.4, 0.5) is 14.7 Å². The van der Waals surface area contributed by atoms with Gasteiger partial charge in [0.25, 0.3) is 5.56 Å². The summed E-state index contributed by atoms with van der Waals surface area (Å²) in [5.74, 6) is -1.58. The smallest absolute Gasteiger partial charge is 0.255 e. The number of amides is 1. The van der Waals surface area contributed by atoms with E-state index >= 15 is 0 Å². The monoisotopic (exact) mass is 408 g/mol. The molecule has 1 aliphatic rings. The second-order valence-electron chi connectivity index (χ2n) is 6.52. The van der Waals surface area contributed by atoms with Crippen LogP contribution in [-0.4, -0.2) is 48.9 Å². The average molecular weight is 408 g/mol. The Labute approximate surface area is 166 Å². The number of nitrogens with one attached hydrogen (secondary N) is 1. The number of rotatable bonds is 7. The first-order valence-corrected chi connectivity index (χ1v) is 9.11. The lowest BCUT2D eigenvalue weighted by Crippen LogP contribution is -2.42. The van der Waals surface area contributed by atoms with E-state index in [0.29, 0.717) is 37.9 Å². The molecule has 1 saturated heterocycles. The molecule has 1 fully saturated rings. The van der Waals surface area contributed by atoms with Crippen LogP contribution in [0.2, 0.25) is 0 Å². The fraction of sp³-hybridized carbons (Fsp3) is 0.421. The summed E-state index contributed by atoms with van der Waals surface area (Å²) in [6, 6.07) is 4.45. The van der Waals surface area contributed by atoms with Crippen LogP contribution in [0.5, 0.6) is 0 Å². The average Bonchev–Trinajstić information content (AvgIpc) is 2.70. The third-order valence-corrected chi connectivity index (χ3v) is 4.42. The third kappa shape index (κ3) is 5.36. The fourth-order valence-corrected chi connectivity index (χ4v) is 2.97. The van der Waals surface area contributed by atoms with Crippen LogP contribution in [0.1, 0.15) is 11.3 Å². The molecular weight excluding hydrogens is 386 g/mol. The largest absolute Gasteiger partial charge is 0.378 e. The Morgan fingerprint density at radius 1 is 1.28 bits per heavy atom. The van der Waals surface area contributed by atoms with Crippen molar-refractivity contribution in [3.63, 3.8) is 0 Å². The summed E-state index contributed by atoms with van der Waals surface area (Å²) in [6.45, 7) is 1.80. The number of carbonyl (C=O) groups excluding carboxylic acids is 1. The highest BCUT2D eigenvalue weighted by molar-refractivity contribution is 5.76. The predicted molar refractivity (Wildman–Crippen MR) is 100 cm³/mol. The van der Waals surface area contributed by atoms with Gasteiger partial charge in [-0.2, -0.15) is 0 Å². The second kappa shape index (κ2) is 9.57. The van der Waals surface area contributed by atoms with Crippen molar-refractivity contribution in [2.24, 2.45) is 0 Å². The first kappa shape index (κ1) is 20.9. The van der Waals surface area contributed by atoms with E-state index in [4.69, 9.17) is 9.47 Å². The number of carbonyl (C=O) groups is 1. The van der Waals surface area contributed by atoms with Crippen molar-refractivity contribution in [3.05, 3.63) is 57.5 Å². The minimum absolute atomic E-state index is 0.123. The van der Waals surface area contributed by atoms with Crippen molar-refractivity contribution < 1.29 is 23.0 Å². The normalized spacial score (nSPS) is 14.1. The molecule has 2 aromatic rings. The van der Waals surface area contributed by atoms with Crippen LogP contribution in [0.15, 0.2) is 29.1 Å². The lowest BCUT2D eigenvalue weighted by atomic mass is 10.2. The second-order valence-corrected chi connectivity index (χ2v) is 6.52. The summed E-state index contributed by atoms with van der Waals surface area (Å²) in [6.07, 6.45) is 0. The van der Waals surface area contributed by atoms with Gasteiger partial charge in [-0.15, -0.1) is 0 Å². The van der Waals surface area contributed by atoms with Gasteiger partial charge in [-0.05, 0) is 6.07 Å². The Morgan fingerprint density at radius 2 is 2.03 bits per heavy atom. The quantitative estimate of drug-likeness (QED) is 0.730. The molecule has 1 N–H and O–H groups in total. The Morgan fingerprint density at radius 3 is 2.72 bits per heavy atom. The van der Waals surface area contributed by atoms with Gasteiger partial charge in [-0.25, -0.2) is 13.8 Å². The van der Waals surface area contributed by atoms with Crippen LogP contribution < -0.4 is 15.8 Å². The maximum atomic E-state index is 13.7. The third-order valence-electron chi connectivity index (χ3n) is 4.42. The minimum atomic E-state index is -0.748. The number of morpholine rings is 1. The molecule has 10 heteroatoms. The summed E-state index contributed by atoms with van der Waals surface area (Å²) < 4.78 is 38.4. The molecule has 0 radical (unpaired) electrons. The van der Waals surface area contributed by atoms with E-state index in [-0.39, 0.29) is 25.3 Å². The molecule has 1 amide bonds. The van der Waals surface area contributed by atoms with Crippen LogP contribution in [0, 0.1) is 11.6 Å². The number of anilines is 1. The highest BCUT2D eigenvalue weighted by Gasteiger charge is 2.20. The van der Waals surface area contributed by atoms with E-state index in [1.807, 2.05) is 4.90 Å². The molecule has 156 valence electrons. The van der Waals surface area contributed by atoms with Gasteiger partial charge in [0.15, 0.2) is 0 Å². The van der Waals surface area contributed by atoms with E-state index in [1.54, 1.807) is 0 Å². The number of hydrogen-bond donors (Lipinski definition) is 1. The van der Waals surface area contributed by atoms with Crippen LogP contribution in [0.25, 0.3) is 0 Å². The topological polar surface area (TPSA) is 85.7 Å². The highest BCUT2D eigenvalue weighted by atomic mass is 19.1. The molecule has 0 aliphatic carbocycles. The molecule has 1 aromatic heterocycles. The lowest BCUT2D eigenvalue weighted by Gasteiger charge is -2.29. The molecule has 29 heavy (non-hydrogen) atoms. The molecule has 0 bridgehead atoms. The first-order valence-electron chi connectivity index (χ1n) is 9.11. The molecule has 3 rings (SSSR count). The van der Waals surface area contributed by atoms with Gasteiger partial charge >= 0.3 is 0 Å².